The van der Waals surface area contributed by atoms with Gasteiger partial charge in [0.15, 0.2) is 29.5 Å². The minimum absolute atomic E-state index is 0.0159. The summed E-state index contributed by atoms with van der Waals surface area (Å²) < 4.78 is 39.0. The molecule has 0 aliphatic heterocycles. The van der Waals surface area contributed by atoms with E-state index in [4.69, 9.17) is 21.1 Å². The molecule has 0 aliphatic carbocycles. The first kappa shape index (κ1) is 15.9. The van der Waals surface area contributed by atoms with Gasteiger partial charge in [0.1, 0.15) is 10.9 Å². The molecule has 23 heavy (non-hydrogen) atoms. The van der Waals surface area contributed by atoms with E-state index in [1.807, 2.05) is 0 Å². The summed E-state index contributed by atoms with van der Waals surface area (Å²) in [7, 11) is 2.83. The number of aromatic nitrogens is 2. The predicted molar refractivity (Wildman–Crippen MR) is 87.3 cm³/mol. The molecule has 2 heterocycles. The molecule has 3 aromatic rings. The van der Waals surface area contributed by atoms with Crippen molar-refractivity contribution in [1.82, 2.24) is 8.96 Å². The van der Waals surface area contributed by atoms with E-state index in [1.165, 1.54) is 36.5 Å². The van der Waals surface area contributed by atoms with Crippen LogP contribution in [-0.2, 0) is 0 Å². The van der Waals surface area contributed by atoms with Gasteiger partial charge in [-0.05, 0) is 24.3 Å². The van der Waals surface area contributed by atoms with E-state index in [-0.39, 0.29) is 23.2 Å². The van der Waals surface area contributed by atoms with Gasteiger partial charge in [-0.1, -0.05) is 11.6 Å². The lowest BCUT2D eigenvalue weighted by Gasteiger charge is -2.13. The molecular formula is C15H11ClF2N2O2S. The van der Waals surface area contributed by atoms with Crippen LogP contribution in [0.2, 0.25) is 5.15 Å². The smallest absolute Gasteiger partial charge is 0.171 e. The molecule has 0 N–H and O–H groups in total. The van der Waals surface area contributed by atoms with Crippen molar-refractivity contribution in [2.24, 2.45) is 0 Å². The second kappa shape index (κ2) is 6.25. The maximum absolute atomic E-state index is 14.1. The zero-order valence-electron chi connectivity index (χ0n) is 12.1. The number of hydrogen-bond acceptors (Lipinski definition) is 4. The Morgan fingerprint density at radius 2 is 1.96 bits per heavy atom. The first-order valence-electron chi connectivity index (χ1n) is 6.48. The van der Waals surface area contributed by atoms with E-state index in [0.29, 0.717) is 27.9 Å². The van der Waals surface area contributed by atoms with Gasteiger partial charge in [0.2, 0.25) is 0 Å². The topological polar surface area (TPSA) is 36.3 Å². The molecule has 0 fully saturated rings. The van der Waals surface area contributed by atoms with Crippen molar-refractivity contribution >= 4 is 35.0 Å². The molecule has 0 aliphatic rings. The van der Waals surface area contributed by atoms with Crippen molar-refractivity contribution in [2.75, 3.05) is 14.2 Å². The van der Waals surface area contributed by atoms with Crippen LogP contribution in [0.3, 0.4) is 0 Å². The molecule has 0 amide bonds. The zero-order valence-corrected chi connectivity index (χ0v) is 13.7. The van der Waals surface area contributed by atoms with Crippen molar-refractivity contribution in [1.29, 1.82) is 0 Å². The van der Waals surface area contributed by atoms with Crippen molar-refractivity contribution in [3.8, 4) is 22.6 Å². The van der Waals surface area contributed by atoms with E-state index < -0.39 is 5.82 Å². The van der Waals surface area contributed by atoms with Gasteiger partial charge >= 0.3 is 0 Å². The number of fused-ring (bicyclic) bond motifs is 1. The summed E-state index contributed by atoms with van der Waals surface area (Å²) in [5.74, 6) is -0.123. The number of benzene rings is 1. The van der Waals surface area contributed by atoms with E-state index in [0.717, 1.165) is 0 Å². The second-order valence-electron chi connectivity index (χ2n) is 4.60. The summed E-state index contributed by atoms with van der Waals surface area (Å²) in [4.78, 5) is 4.12. The molecular weight excluding hydrogens is 346 g/mol. The van der Waals surface area contributed by atoms with Crippen LogP contribution in [0.1, 0.15) is 0 Å². The highest BCUT2D eigenvalue weighted by atomic mass is 35.5. The average molecular weight is 357 g/mol. The van der Waals surface area contributed by atoms with Gasteiger partial charge in [0.25, 0.3) is 0 Å². The van der Waals surface area contributed by atoms with Crippen LogP contribution in [0.15, 0.2) is 30.5 Å². The maximum Gasteiger partial charge on any atom is 0.171 e. The summed E-state index contributed by atoms with van der Waals surface area (Å²) in [6, 6.07) is 6.01. The minimum Gasteiger partial charge on any atom is -0.496 e. The van der Waals surface area contributed by atoms with Gasteiger partial charge in [-0.15, -0.1) is 3.89 Å². The molecule has 0 spiro atoms. The number of ether oxygens (including phenoxy) is 2. The highest BCUT2D eigenvalue weighted by Crippen LogP contribution is 2.44. The summed E-state index contributed by atoms with van der Waals surface area (Å²) >= 11 is 5.85. The Kier molecular flexibility index (Phi) is 4.32. The number of hydrogen-bond donors (Lipinski definition) is 0. The number of methoxy groups -OCH3 is 2. The van der Waals surface area contributed by atoms with Gasteiger partial charge in [-0.25, -0.2) is 13.3 Å². The van der Waals surface area contributed by atoms with Crippen LogP contribution in [0, 0.1) is 5.82 Å². The van der Waals surface area contributed by atoms with E-state index in [9.17, 15) is 8.28 Å². The highest BCUT2D eigenvalue weighted by molar-refractivity contribution is 7.92. The third-order valence-corrected chi connectivity index (χ3v) is 4.06. The van der Waals surface area contributed by atoms with Crippen molar-refractivity contribution in [3.63, 3.8) is 0 Å². The molecule has 1 aromatic carbocycles. The molecule has 0 saturated carbocycles. The highest BCUT2D eigenvalue weighted by Gasteiger charge is 2.22. The normalized spacial score (nSPS) is 11.0. The summed E-state index contributed by atoms with van der Waals surface area (Å²) in [5.41, 5.74) is 1.24. The van der Waals surface area contributed by atoms with E-state index in [1.54, 1.807) is 12.1 Å². The summed E-state index contributed by atoms with van der Waals surface area (Å²) in [5, 5.41) is 0.831. The molecule has 120 valence electrons. The molecule has 8 heteroatoms. The molecule has 4 nitrogen and oxygen atoms in total. The molecule has 0 unspecified atom stereocenters. The van der Waals surface area contributed by atoms with Crippen LogP contribution in [0.25, 0.3) is 22.2 Å². The van der Waals surface area contributed by atoms with Crippen LogP contribution >= 0.6 is 23.9 Å². The number of halogens is 3. The SMILES string of the molecule is COc1ccc(F)c(OC)c1-c1cn(SF)c2nc(Cl)ccc12. The Labute approximate surface area is 140 Å². The lowest BCUT2D eigenvalue weighted by molar-refractivity contribution is 0.377. The average Bonchev–Trinajstić information content (AvgIpc) is 2.91. The Bertz CT molecular complexity index is 886. The van der Waals surface area contributed by atoms with E-state index in [2.05, 4.69) is 4.98 Å². The van der Waals surface area contributed by atoms with Crippen molar-refractivity contribution in [3.05, 3.63) is 41.4 Å². The van der Waals surface area contributed by atoms with Crippen LogP contribution in [-0.4, -0.2) is 23.2 Å². The monoisotopic (exact) mass is 356 g/mol. The molecule has 0 atom stereocenters. The van der Waals surface area contributed by atoms with Crippen molar-refractivity contribution in [2.45, 2.75) is 0 Å². The van der Waals surface area contributed by atoms with Gasteiger partial charge in [0.05, 0.1) is 19.8 Å². The Morgan fingerprint density at radius 3 is 2.61 bits per heavy atom. The fraction of sp³-hybridized carbons (Fsp3) is 0.133. The fourth-order valence-corrected chi connectivity index (χ4v) is 2.96. The van der Waals surface area contributed by atoms with Gasteiger partial charge in [-0.3, -0.25) is 0 Å². The van der Waals surface area contributed by atoms with Crippen LogP contribution < -0.4 is 9.47 Å². The lowest BCUT2D eigenvalue weighted by atomic mass is 10.0. The molecule has 0 bridgehead atoms. The van der Waals surface area contributed by atoms with Crippen molar-refractivity contribution < 1.29 is 17.7 Å². The first-order chi connectivity index (χ1) is 11.1. The van der Waals surface area contributed by atoms with Gasteiger partial charge in [-0.2, -0.15) is 0 Å². The molecule has 3 rings (SSSR count). The third-order valence-electron chi connectivity index (χ3n) is 3.43. The largest absolute Gasteiger partial charge is 0.496 e. The molecule has 0 radical (unpaired) electrons. The van der Waals surface area contributed by atoms with Gasteiger partial charge in [0, 0.05) is 17.1 Å². The Morgan fingerprint density at radius 1 is 1.17 bits per heavy atom. The quantitative estimate of drug-likeness (QED) is 0.623. The second-order valence-corrected chi connectivity index (χ2v) is 5.52. The first-order valence-corrected chi connectivity index (χ1v) is 7.53. The summed E-state index contributed by atoms with van der Waals surface area (Å²) in [6.07, 6.45) is 1.50. The standard InChI is InChI=1S/C15H11ClF2N2O2S/c1-21-11-5-4-10(17)14(22-2)13(11)9-7-20(23-18)15-8(9)3-6-12(16)19-15/h3-7H,1-2H3. The zero-order chi connectivity index (χ0) is 16.6. The summed E-state index contributed by atoms with van der Waals surface area (Å²) in [6.45, 7) is 0. The number of pyridine rings is 1. The third kappa shape index (κ3) is 2.60. The molecule has 0 saturated heterocycles. The van der Waals surface area contributed by atoms with E-state index >= 15 is 0 Å². The Balaban J connectivity index is 2.40. The molecule has 2 aromatic heterocycles. The van der Waals surface area contributed by atoms with Crippen LogP contribution in [0.5, 0.6) is 11.5 Å². The maximum atomic E-state index is 14.1. The van der Waals surface area contributed by atoms with Crippen LogP contribution in [0.4, 0.5) is 8.28 Å². The number of nitrogens with zero attached hydrogens (tertiary/aromatic N) is 2. The fourth-order valence-electron chi connectivity index (χ4n) is 2.47. The van der Waals surface area contributed by atoms with Gasteiger partial charge < -0.3 is 9.47 Å². The predicted octanol–water partition coefficient (Wildman–Crippen LogP) is 4.89. The minimum atomic E-state index is -0.543. The lowest BCUT2D eigenvalue weighted by Crippen LogP contribution is -1.95. The number of rotatable bonds is 4. The Hall–Kier alpha value is -1.99.